The Hall–Kier alpha value is -1.09. The third-order valence-electron chi connectivity index (χ3n) is 3.26. The predicted molar refractivity (Wildman–Crippen MR) is 66.9 cm³/mol. The Balaban J connectivity index is 1.95. The van der Waals surface area contributed by atoms with Crippen molar-refractivity contribution in [1.82, 2.24) is 5.32 Å². The summed E-state index contributed by atoms with van der Waals surface area (Å²) in [6.45, 7) is 5.03. The van der Waals surface area contributed by atoms with Crippen molar-refractivity contribution in [1.29, 1.82) is 0 Å². The normalized spacial score (nSPS) is 23.9. The number of rotatable bonds is 4. The minimum Gasteiger partial charge on any atom is -0.487 e. The summed E-state index contributed by atoms with van der Waals surface area (Å²) in [6, 6.07) is 5.54. The molecule has 1 saturated carbocycles. The monoisotopic (exact) mass is 237 g/mol. The largest absolute Gasteiger partial charge is 0.487 e. The zero-order valence-electron chi connectivity index (χ0n) is 10.5. The van der Waals surface area contributed by atoms with E-state index in [4.69, 9.17) is 4.74 Å². The average Bonchev–Trinajstić information content (AvgIpc) is 2.72. The standard InChI is InChI=1S/C14H20FNO/c1-3-16-11-5-6-12(9-11)17-14-8-10(2)4-7-13(14)15/h4,7-8,11-12,16H,3,5-6,9H2,1-2H3. The molecule has 1 N–H and O–H groups in total. The van der Waals surface area contributed by atoms with E-state index in [0.717, 1.165) is 31.4 Å². The lowest BCUT2D eigenvalue weighted by Gasteiger charge is -2.15. The quantitative estimate of drug-likeness (QED) is 0.869. The van der Waals surface area contributed by atoms with Gasteiger partial charge in [-0.2, -0.15) is 0 Å². The number of aryl methyl sites for hydroxylation is 1. The molecule has 2 unspecified atom stereocenters. The highest BCUT2D eigenvalue weighted by molar-refractivity contribution is 5.29. The molecule has 0 amide bonds. The SMILES string of the molecule is CCNC1CCC(Oc2cc(C)ccc2F)C1. The van der Waals surface area contributed by atoms with Crippen molar-refractivity contribution in [2.75, 3.05) is 6.54 Å². The second kappa shape index (κ2) is 5.50. The van der Waals surface area contributed by atoms with Crippen LogP contribution in [0.5, 0.6) is 5.75 Å². The number of nitrogens with one attached hydrogen (secondary N) is 1. The zero-order valence-corrected chi connectivity index (χ0v) is 10.5. The van der Waals surface area contributed by atoms with Gasteiger partial charge in [0.05, 0.1) is 0 Å². The van der Waals surface area contributed by atoms with Crippen molar-refractivity contribution >= 4 is 0 Å². The molecule has 94 valence electrons. The van der Waals surface area contributed by atoms with Crippen LogP contribution in [0.1, 0.15) is 31.7 Å². The number of hydrogen-bond acceptors (Lipinski definition) is 2. The maximum absolute atomic E-state index is 13.5. The minimum atomic E-state index is -0.262. The first-order valence-electron chi connectivity index (χ1n) is 6.35. The van der Waals surface area contributed by atoms with Crippen LogP contribution >= 0.6 is 0 Å². The van der Waals surface area contributed by atoms with Crippen LogP contribution in [0.15, 0.2) is 18.2 Å². The summed E-state index contributed by atoms with van der Waals surface area (Å²) in [5.74, 6) is 0.134. The summed E-state index contributed by atoms with van der Waals surface area (Å²) < 4.78 is 19.3. The topological polar surface area (TPSA) is 21.3 Å². The molecule has 0 aromatic heterocycles. The molecule has 1 aliphatic carbocycles. The van der Waals surface area contributed by atoms with Gasteiger partial charge in [-0.15, -0.1) is 0 Å². The first kappa shape index (κ1) is 12.4. The Morgan fingerprint density at radius 1 is 1.41 bits per heavy atom. The van der Waals surface area contributed by atoms with E-state index in [2.05, 4.69) is 12.2 Å². The fraction of sp³-hybridized carbons (Fsp3) is 0.571. The van der Waals surface area contributed by atoms with Crippen molar-refractivity contribution in [2.45, 2.75) is 45.3 Å². The zero-order chi connectivity index (χ0) is 12.3. The van der Waals surface area contributed by atoms with Gasteiger partial charge >= 0.3 is 0 Å². The molecule has 2 rings (SSSR count). The van der Waals surface area contributed by atoms with Crippen LogP contribution in [0, 0.1) is 12.7 Å². The minimum absolute atomic E-state index is 0.148. The van der Waals surface area contributed by atoms with Crippen molar-refractivity contribution in [2.24, 2.45) is 0 Å². The summed E-state index contributed by atoms with van der Waals surface area (Å²) in [4.78, 5) is 0. The van der Waals surface area contributed by atoms with Crippen LogP contribution in [0.3, 0.4) is 0 Å². The molecule has 2 nitrogen and oxygen atoms in total. The van der Waals surface area contributed by atoms with Crippen molar-refractivity contribution in [3.05, 3.63) is 29.6 Å². The maximum atomic E-state index is 13.5. The highest BCUT2D eigenvalue weighted by atomic mass is 19.1. The van der Waals surface area contributed by atoms with E-state index in [1.54, 1.807) is 12.1 Å². The lowest BCUT2D eigenvalue weighted by Crippen LogP contribution is -2.27. The first-order valence-corrected chi connectivity index (χ1v) is 6.35. The lowest BCUT2D eigenvalue weighted by atomic mass is 10.2. The summed E-state index contributed by atoms with van der Waals surface area (Å²) in [7, 11) is 0. The van der Waals surface area contributed by atoms with Crippen molar-refractivity contribution in [3.8, 4) is 5.75 Å². The Labute approximate surface area is 102 Å². The third kappa shape index (κ3) is 3.19. The van der Waals surface area contributed by atoms with Crippen LogP contribution in [-0.2, 0) is 0 Å². The van der Waals surface area contributed by atoms with Gasteiger partial charge < -0.3 is 10.1 Å². The van der Waals surface area contributed by atoms with Crippen LogP contribution in [-0.4, -0.2) is 18.7 Å². The van der Waals surface area contributed by atoms with E-state index < -0.39 is 0 Å². The molecule has 1 aromatic carbocycles. The summed E-state index contributed by atoms with van der Waals surface area (Å²) in [6.07, 6.45) is 3.24. The van der Waals surface area contributed by atoms with Gasteiger partial charge in [-0.3, -0.25) is 0 Å². The molecular formula is C14H20FNO. The molecule has 0 spiro atoms. The molecule has 3 heteroatoms. The molecule has 0 heterocycles. The molecule has 0 aliphatic heterocycles. The van der Waals surface area contributed by atoms with Gasteiger partial charge in [0.2, 0.25) is 0 Å². The highest BCUT2D eigenvalue weighted by Gasteiger charge is 2.25. The lowest BCUT2D eigenvalue weighted by molar-refractivity contribution is 0.197. The van der Waals surface area contributed by atoms with Gasteiger partial charge in [-0.25, -0.2) is 4.39 Å². The van der Waals surface area contributed by atoms with Crippen molar-refractivity contribution < 1.29 is 9.13 Å². The van der Waals surface area contributed by atoms with Crippen LogP contribution in [0.25, 0.3) is 0 Å². The van der Waals surface area contributed by atoms with E-state index in [1.165, 1.54) is 6.07 Å². The van der Waals surface area contributed by atoms with E-state index in [-0.39, 0.29) is 11.9 Å². The number of benzene rings is 1. The Bertz CT molecular complexity index is 380. The third-order valence-corrected chi connectivity index (χ3v) is 3.26. The van der Waals surface area contributed by atoms with E-state index >= 15 is 0 Å². The Kier molecular flexibility index (Phi) is 4.00. The molecule has 1 aliphatic rings. The Morgan fingerprint density at radius 3 is 3.00 bits per heavy atom. The first-order chi connectivity index (χ1) is 8.19. The molecule has 0 radical (unpaired) electrons. The second-order valence-electron chi connectivity index (χ2n) is 4.74. The maximum Gasteiger partial charge on any atom is 0.165 e. The number of hydrogen-bond donors (Lipinski definition) is 1. The average molecular weight is 237 g/mol. The van der Waals surface area contributed by atoms with Crippen LogP contribution in [0.4, 0.5) is 4.39 Å². The Morgan fingerprint density at radius 2 is 2.24 bits per heavy atom. The molecule has 0 bridgehead atoms. The summed E-state index contributed by atoms with van der Waals surface area (Å²) in [5.41, 5.74) is 1.03. The van der Waals surface area contributed by atoms with E-state index in [9.17, 15) is 4.39 Å². The summed E-state index contributed by atoms with van der Waals surface area (Å²) in [5, 5.41) is 3.41. The van der Waals surface area contributed by atoms with E-state index in [1.807, 2.05) is 6.92 Å². The summed E-state index contributed by atoms with van der Waals surface area (Å²) >= 11 is 0. The van der Waals surface area contributed by atoms with Gasteiger partial charge in [-0.05, 0) is 50.4 Å². The molecular weight excluding hydrogens is 217 g/mol. The molecule has 0 saturated heterocycles. The fourth-order valence-electron chi connectivity index (χ4n) is 2.40. The molecule has 1 fully saturated rings. The van der Waals surface area contributed by atoms with E-state index in [0.29, 0.717) is 11.8 Å². The van der Waals surface area contributed by atoms with Crippen molar-refractivity contribution in [3.63, 3.8) is 0 Å². The second-order valence-corrected chi connectivity index (χ2v) is 4.74. The van der Waals surface area contributed by atoms with Gasteiger partial charge in [-0.1, -0.05) is 13.0 Å². The number of ether oxygens (including phenoxy) is 1. The van der Waals surface area contributed by atoms with Gasteiger partial charge in [0.25, 0.3) is 0 Å². The number of halogens is 1. The highest BCUT2D eigenvalue weighted by Crippen LogP contribution is 2.27. The van der Waals surface area contributed by atoms with Crippen LogP contribution in [0.2, 0.25) is 0 Å². The molecule has 17 heavy (non-hydrogen) atoms. The molecule has 2 atom stereocenters. The molecule has 1 aromatic rings. The van der Waals surface area contributed by atoms with Gasteiger partial charge in [0, 0.05) is 6.04 Å². The smallest absolute Gasteiger partial charge is 0.165 e. The van der Waals surface area contributed by atoms with Gasteiger partial charge in [0.15, 0.2) is 11.6 Å². The predicted octanol–water partition coefficient (Wildman–Crippen LogP) is 3.04. The fourth-order valence-corrected chi connectivity index (χ4v) is 2.40. The van der Waals surface area contributed by atoms with Gasteiger partial charge in [0.1, 0.15) is 6.10 Å². The van der Waals surface area contributed by atoms with Crippen LogP contribution < -0.4 is 10.1 Å².